The van der Waals surface area contributed by atoms with Gasteiger partial charge in [0, 0.05) is 31.2 Å². The smallest absolute Gasteiger partial charge is 0.126 e. The maximum Gasteiger partial charge on any atom is 0.126 e. The molecule has 0 saturated carbocycles. The lowest BCUT2D eigenvalue weighted by molar-refractivity contribution is -0.00965. The Labute approximate surface area is 118 Å². The van der Waals surface area contributed by atoms with Crippen LogP contribution in [0, 0.1) is 11.6 Å². The van der Waals surface area contributed by atoms with Crippen LogP contribution < -0.4 is 5.73 Å². The highest BCUT2D eigenvalue weighted by Gasteiger charge is 2.21. The molecule has 0 radical (unpaired) electrons. The van der Waals surface area contributed by atoms with Crippen molar-refractivity contribution in [3.05, 3.63) is 35.4 Å². The van der Waals surface area contributed by atoms with E-state index in [4.69, 9.17) is 10.5 Å². The van der Waals surface area contributed by atoms with Crippen LogP contribution in [0.5, 0.6) is 0 Å². The highest BCUT2D eigenvalue weighted by atomic mass is 19.1. The van der Waals surface area contributed by atoms with Crippen molar-refractivity contribution in [2.75, 3.05) is 26.3 Å². The monoisotopic (exact) mass is 284 g/mol. The third-order valence-electron chi connectivity index (χ3n) is 3.86. The van der Waals surface area contributed by atoms with Crippen molar-refractivity contribution in [2.24, 2.45) is 5.73 Å². The number of hydrogen-bond acceptors (Lipinski definition) is 3. The second-order valence-electron chi connectivity index (χ2n) is 5.27. The van der Waals surface area contributed by atoms with Crippen LogP contribution in [-0.2, 0) is 4.74 Å². The van der Waals surface area contributed by atoms with Gasteiger partial charge in [-0.15, -0.1) is 0 Å². The average molecular weight is 284 g/mol. The summed E-state index contributed by atoms with van der Waals surface area (Å²) in [5.74, 6) is -1.15. The number of ether oxygens (including phenoxy) is 1. The van der Waals surface area contributed by atoms with E-state index in [0.29, 0.717) is 18.0 Å². The normalized spacial score (nSPS) is 21.9. The van der Waals surface area contributed by atoms with Crippen molar-refractivity contribution < 1.29 is 13.5 Å². The third kappa shape index (κ3) is 3.98. The maximum absolute atomic E-state index is 13.2. The highest BCUT2D eigenvalue weighted by Crippen LogP contribution is 2.19. The van der Waals surface area contributed by atoms with Crippen LogP contribution in [0.15, 0.2) is 18.2 Å². The molecular formula is C15H22F2N2O. The molecule has 1 aromatic rings. The van der Waals surface area contributed by atoms with Gasteiger partial charge in [0.15, 0.2) is 0 Å². The zero-order valence-electron chi connectivity index (χ0n) is 11.8. The summed E-state index contributed by atoms with van der Waals surface area (Å²) < 4.78 is 31.8. The number of rotatable bonds is 5. The van der Waals surface area contributed by atoms with Crippen molar-refractivity contribution in [3.63, 3.8) is 0 Å². The molecule has 3 nitrogen and oxygen atoms in total. The molecule has 2 N–H and O–H groups in total. The zero-order valence-corrected chi connectivity index (χ0v) is 11.8. The summed E-state index contributed by atoms with van der Waals surface area (Å²) in [5, 5.41) is 0. The van der Waals surface area contributed by atoms with Gasteiger partial charge in [0.2, 0.25) is 0 Å². The third-order valence-corrected chi connectivity index (χ3v) is 3.86. The van der Waals surface area contributed by atoms with Crippen molar-refractivity contribution in [1.29, 1.82) is 0 Å². The van der Waals surface area contributed by atoms with E-state index in [1.807, 2.05) is 0 Å². The summed E-state index contributed by atoms with van der Waals surface area (Å²) in [6, 6.07) is 3.56. The van der Waals surface area contributed by atoms with Crippen molar-refractivity contribution in [2.45, 2.75) is 31.8 Å². The second-order valence-corrected chi connectivity index (χ2v) is 5.27. The molecule has 2 unspecified atom stereocenters. The number of nitrogens with zero attached hydrogens (tertiary/aromatic N) is 1. The van der Waals surface area contributed by atoms with E-state index >= 15 is 0 Å². The predicted molar refractivity (Wildman–Crippen MR) is 74.4 cm³/mol. The molecule has 0 amide bonds. The van der Waals surface area contributed by atoms with E-state index < -0.39 is 11.6 Å². The molecule has 1 fully saturated rings. The Hall–Kier alpha value is -1.04. The molecule has 5 heteroatoms. The molecule has 112 valence electrons. The van der Waals surface area contributed by atoms with Gasteiger partial charge in [-0.1, -0.05) is 6.92 Å². The molecule has 20 heavy (non-hydrogen) atoms. The van der Waals surface area contributed by atoms with E-state index in [9.17, 15) is 8.78 Å². The lowest BCUT2D eigenvalue weighted by Crippen LogP contribution is -2.45. The van der Waals surface area contributed by atoms with Crippen LogP contribution in [0.4, 0.5) is 8.78 Å². The van der Waals surface area contributed by atoms with Gasteiger partial charge in [0.1, 0.15) is 11.6 Å². The molecular weight excluding hydrogens is 262 g/mol. The fourth-order valence-corrected chi connectivity index (χ4v) is 2.62. The number of benzene rings is 1. The number of hydrogen-bond donors (Lipinski definition) is 1. The number of nitrogens with two attached hydrogens (primary N) is 1. The molecule has 1 aromatic carbocycles. The Kier molecular flexibility index (Phi) is 5.46. The van der Waals surface area contributed by atoms with E-state index in [0.717, 1.165) is 38.8 Å². The molecule has 0 aliphatic carbocycles. The Morgan fingerprint density at radius 1 is 1.35 bits per heavy atom. The minimum atomic E-state index is -0.576. The van der Waals surface area contributed by atoms with Gasteiger partial charge in [0.05, 0.1) is 13.2 Å². The molecule has 1 aliphatic rings. The summed E-state index contributed by atoms with van der Waals surface area (Å²) in [5.41, 5.74) is 6.56. The van der Waals surface area contributed by atoms with Crippen LogP contribution in [0.2, 0.25) is 0 Å². The van der Waals surface area contributed by atoms with Gasteiger partial charge >= 0.3 is 0 Å². The summed E-state index contributed by atoms with van der Waals surface area (Å²) in [4.78, 5) is 2.35. The molecule has 1 aliphatic heterocycles. The fraction of sp³-hybridized carbons (Fsp3) is 0.600. The number of morpholine rings is 1. The highest BCUT2D eigenvalue weighted by molar-refractivity contribution is 5.21. The van der Waals surface area contributed by atoms with Gasteiger partial charge in [-0.2, -0.15) is 0 Å². The fourth-order valence-electron chi connectivity index (χ4n) is 2.62. The molecule has 1 heterocycles. The molecule has 2 atom stereocenters. The van der Waals surface area contributed by atoms with Crippen LogP contribution >= 0.6 is 0 Å². The van der Waals surface area contributed by atoms with Crippen molar-refractivity contribution >= 4 is 0 Å². The Morgan fingerprint density at radius 2 is 2.05 bits per heavy atom. The minimum absolute atomic E-state index is 0.347. The van der Waals surface area contributed by atoms with Gasteiger partial charge in [-0.3, -0.25) is 4.90 Å². The quantitative estimate of drug-likeness (QED) is 0.902. The molecule has 1 saturated heterocycles. The van der Waals surface area contributed by atoms with Gasteiger partial charge < -0.3 is 10.5 Å². The first kappa shape index (κ1) is 15.4. The first-order valence-electron chi connectivity index (χ1n) is 7.13. The summed E-state index contributed by atoms with van der Waals surface area (Å²) in [6.07, 6.45) is 1.71. The van der Waals surface area contributed by atoms with E-state index in [-0.39, 0.29) is 6.04 Å². The minimum Gasteiger partial charge on any atom is -0.378 e. The summed E-state index contributed by atoms with van der Waals surface area (Å²) >= 11 is 0. The van der Waals surface area contributed by atoms with Crippen LogP contribution in [-0.4, -0.2) is 37.2 Å². The maximum atomic E-state index is 13.2. The van der Waals surface area contributed by atoms with Gasteiger partial charge in [0.25, 0.3) is 0 Å². The SMILES string of the molecule is CCC1COCCN1CCC(N)c1cc(F)cc(F)c1. The molecule has 2 rings (SSSR count). The van der Waals surface area contributed by atoms with Crippen molar-refractivity contribution in [1.82, 2.24) is 4.90 Å². The average Bonchev–Trinajstić information content (AvgIpc) is 2.44. The predicted octanol–water partition coefficient (Wildman–Crippen LogP) is 2.47. The first-order chi connectivity index (χ1) is 9.60. The van der Waals surface area contributed by atoms with Crippen molar-refractivity contribution in [3.8, 4) is 0 Å². The van der Waals surface area contributed by atoms with Crippen LogP contribution in [0.1, 0.15) is 31.4 Å². The molecule has 0 spiro atoms. The lowest BCUT2D eigenvalue weighted by atomic mass is 10.0. The van der Waals surface area contributed by atoms with Crippen LogP contribution in [0.3, 0.4) is 0 Å². The van der Waals surface area contributed by atoms with E-state index in [2.05, 4.69) is 11.8 Å². The zero-order chi connectivity index (χ0) is 14.5. The van der Waals surface area contributed by atoms with Gasteiger partial charge in [-0.25, -0.2) is 8.78 Å². The molecule has 0 aromatic heterocycles. The molecule has 0 bridgehead atoms. The van der Waals surface area contributed by atoms with Gasteiger partial charge in [-0.05, 0) is 30.5 Å². The topological polar surface area (TPSA) is 38.5 Å². The standard InChI is InChI=1S/C15H22F2N2O/c1-2-14-10-20-6-5-19(14)4-3-15(18)11-7-12(16)9-13(17)8-11/h7-9,14-15H,2-6,10,18H2,1H3. The number of halogens is 2. The second kappa shape index (κ2) is 7.11. The van der Waals surface area contributed by atoms with E-state index in [1.165, 1.54) is 12.1 Å². The summed E-state index contributed by atoms with van der Waals surface area (Å²) in [7, 11) is 0. The summed E-state index contributed by atoms with van der Waals surface area (Å²) in [6.45, 7) is 5.33. The lowest BCUT2D eigenvalue weighted by Gasteiger charge is -2.35. The van der Waals surface area contributed by atoms with E-state index in [1.54, 1.807) is 0 Å². The first-order valence-corrected chi connectivity index (χ1v) is 7.13. The Morgan fingerprint density at radius 3 is 2.70 bits per heavy atom. The Bertz CT molecular complexity index is 422. The Balaban J connectivity index is 1.92. The van der Waals surface area contributed by atoms with Crippen LogP contribution in [0.25, 0.3) is 0 Å². The largest absolute Gasteiger partial charge is 0.378 e.